The van der Waals surface area contributed by atoms with E-state index >= 15 is 0 Å². The average Bonchev–Trinajstić information content (AvgIpc) is 2.47. The van der Waals surface area contributed by atoms with E-state index in [0.29, 0.717) is 5.75 Å². The minimum absolute atomic E-state index is 0.449. The molecule has 0 amide bonds. The van der Waals surface area contributed by atoms with Gasteiger partial charge in [0.15, 0.2) is 0 Å². The molecule has 5 heteroatoms. The Kier molecular flexibility index (Phi) is 3.55. The molecule has 4 nitrogen and oxygen atoms in total. The van der Waals surface area contributed by atoms with Gasteiger partial charge in [-0.15, -0.1) is 5.10 Å². The molecular formula is C7H13N3OS. The summed E-state index contributed by atoms with van der Waals surface area (Å²) in [4.78, 5) is 0. The molecule has 1 N–H and O–H groups in total. The summed E-state index contributed by atoms with van der Waals surface area (Å²) in [7, 11) is 1.78. The molecule has 0 radical (unpaired) electrons. The van der Waals surface area contributed by atoms with E-state index in [2.05, 4.69) is 17.2 Å². The Bertz CT molecular complexity index is 238. The highest BCUT2D eigenvalue weighted by atomic mass is 32.2. The van der Waals surface area contributed by atoms with Crippen LogP contribution in [-0.4, -0.2) is 31.6 Å². The molecule has 0 aliphatic carbocycles. The minimum Gasteiger partial charge on any atom is -0.386 e. The fraction of sp³-hybridized carbons (Fsp3) is 0.714. The van der Waals surface area contributed by atoms with Crippen LogP contribution >= 0.6 is 11.8 Å². The minimum atomic E-state index is -0.449. The molecule has 0 saturated heterocycles. The number of thioether (sulfide) groups is 1. The Hall–Kier alpha value is -0.550. The third-order valence-corrected chi connectivity index (χ3v) is 2.53. The number of aliphatic hydroxyl groups excluding tert-OH is 1. The van der Waals surface area contributed by atoms with Gasteiger partial charge >= 0.3 is 0 Å². The highest BCUT2D eigenvalue weighted by Gasteiger charge is 2.11. The van der Waals surface area contributed by atoms with Crippen LogP contribution in [0.15, 0.2) is 6.20 Å². The third-order valence-electron chi connectivity index (χ3n) is 1.57. The summed E-state index contributed by atoms with van der Waals surface area (Å²) in [5, 5.41) is 17.0. The predicted octanol–water partition coefficient (Wildman–Crippen LogP) is 0.602. The summed E-state index contributed by atoms with van der Waals surface area (Å²) in [5.74, 6) is 1.72. The predicted molar refractivity (Wildman–Crippen MR) is 49.0 cm³/mol. The van der Waals surface area contributed by atoms with Crippen LogP contribution in [-0.2, 0) is 7.05 Å². The molecule has 0 spiro atoms. The van der Waals surface area contributed by atoms with Crippen molar-refractivity contribution in [2.75, 3.05) is 11.5 Å². The summed E-state index contributed by atoms with van der Waals surface area (Å²) in [6.45, 7) is 2.07. The molecule has 68 valence electrons. The first kappa shape index (κ1) is 9.54. The molecule has 1 aromatic heterocycles. The number of aromatic nitrogens is 3. The molecule has 1 aromatic rings. The Morgan fingerprint density at radius 3 is 3.00 bits per heavy atom. The number of rotatable bonds is 4. The van der Waals surface area contributed by atoms with Gasteiger partial charge in [0.05, 0.1) is 11.9 Å². The van der Waals surface area contributed by atoms with Gasteiger partial charge in [0.25, 0.3) is 0 Å². The van der Waals surface area contributed by atoms with Crippen molar-refractivity contribution in [2.45, 2.75) is 13.0 Å². The molecule has 0 bridgehead atoms. The molecule has 1 rings (SSSR count). The number of nitrogens with zero attached hydrogens (tertiary/aromatic N) is 3. The lowest BCUT2D eigenvalue weighted by atomic mass is 10.3. The third kappa shape index (κ3) is 2.22. The first-order chi connectivity index (χ1) is 5.75. The summed E-state index contributed by atoms with van der Waals surface area (Å²) >= 11 is 1.70. The quantitative estimate of drug-likeness (QED) is 0.750. The standard InChI is InChI=1S/C7H13N3OS/c1-3-12-5-7(11)6-4-8-9-10(6)2/h4,7,11H,3,5H2,1-2H3. The van der Waals surface area contributed by atoms with E-state index in [1.54, 1.807) is 29.7 Å². The van der Waals surface area contributed by atoms with Crippen molar-refractivity contribution in [2.24, 2.45) is 7.05 Å². The molecule has 1 heterocycles. The zero-order chi connectivity index (χ0) is 8.97. The number of aliphatic hydroxyl groups is 1. The van der Waals surface area contributed by atoms with Crippen molar-refractivity contribution in [3.63, 3.8) is 0 Å². The smallest absolute Gasteiger partial charge is 0.106 e. The SMILES string of the molecule is CCSCC(O)c1cnnn1C. The first-order valence-electron chi connectivity index (χ1n) is 3.86. The second-order valence-electron chi connectivity index (χ2n) is 2.46. The second-order valence-corrected chi connectivity index (χ2v) is 3.78. The maximum atomic E-state index is 9.60. The largest absolute Gasteiger partial charge is 0.386 e. The Labute approximate surface area is 76.0 Å². The van der Waals surface area contributed by atoms with E-state index in [1.165, 1.54) is 0 Å². The fourth-order valence-corrected chi connectivity index (χ4v) is 1.54. The van der Waals surface area contributed by atoms with Crippen LogP contribution in [0, 0.1) is 0 Å². The lowest BCUT2D eigenvalue weighted by Gasteiger charge is -2.08. The van der Waals surface area contributed by atoms with E-state index < -0.39 is 6.10 Å². The van der Waals surface area contributed by atoms with Crippen LogP contribution in [0.4, 0.5) is 0 Å². The van der Waals surface area contributed by atoms with Gasteiger partial charge in [-0.05, 0) is 5.75 Å². The van der Waals surface area contributed by atoms with E-state index in [-0.39, 0.29) is 0 Å². The first-order valence-corrected chi connectivity index (χ1v) is 5.01. The van der Waals surface area contributed by atoms with Crippen molar-refractivity contribution in [3.05, 3.63) is 11.9 Å². The van der Waals surface area contributed by atoms with E-state index in [0.717, 1.165) is 11.4 Å². The zero-order valence-electron chi connectivity index (χ0n) is 7.27. The van der Waals surface area contributed by atoms with Crippen molar-refractivity contribution >= 4 is 11.8 Å². The molecule has 0 aromatic carbocycles. The summed E-state index contributed by atoms with van der Waals surface area (Å²) in [5.41, 5.74) is 0.774. The zero-order valence-corrected chi connectivity index (χ0v) is 8.08. The maximum absolute atomic E-state index is 9.60. The summed E-state index contributed by atoms with van der Waals surface area (Å²) in [6, 6.07) is 0. The van der Waals surface area contributed by atoms with Crippen LogP contribution in [0.25, 0.3) is 0 Å². The molecule has 0 saturated carbocycles. The monoisotopic (exact) mass is 187 g/mol. The molecule has 0 aliphatic rings. The lowest BCUT2D eigenvalue weighted by molar-refractivity contribution is 0.194. The van der Waals surface area contributed by atoms with E-state index in [4.69, 9.17) is 0 Å². The lowest BCUT2D eigenvalue weighted by Crippen LogP contribution is -2.07. The number of hydrogen-bond acceptors (Lipinski definition) is 4. The van der Waals surface area contributed by atoms with Crippen LogP contribution in [0.2, 0.25) is 0 Å². The average molecular weight is 187 g/mol. The topological polar surface area (TPSA) is 50.9 Å². The van der Waals surface area contributed by atoms with Gasteiger partial charge in [0.2, 0.25) is 0 Å². The Morgan fingerprint density at radius 2 is 2.50 bits per heavy atom. The van der Waals surface area contributed by atoms with Gasteiger partial charge in [-0.3, -0.25) is 0 Å². The van der Waals surface area contributed by atoms with Crippen molar-refractivity contribution in [3.8, 4) is 0 Å². The second kappa shape index (κ2) is 4.47. The van der Waals surface area contributed by atoms with Gasteiger partial charge in [0.1, 0.15) is 6.10 Å². The van der Waals surface area contributed by atoms with Crippen molar-refractivity contribution < 1.29 is 5.11 Å². The normalized spacial score (nSPS) is 13.2. The molecule has 0 aliphatic heterocycles. The van der Waals surface area contributed by atoms with Crippen molar-refractivity contribution in [1.29, 1.82) is 0 Å². The number of hydrogen-bond donors (Lipinski definition) is 1. The molecular weight excluding hydrogens is 174 g/mol. The molecule has 1 atom stereocenters. The van der Waals surface area contributed by atoms with Gasteiger partial charge in [-0.25, -0.2) is 4.68 Å². The fourth-order valence-electron chi connectivity index (χ4n) is 0.914. The van der Waals surface area contributed by atoms with Crippen LogP contribution in [0.5, 0.6) is 0 Å². The maximum Gasteiger partial charge on any atom is 0.106 e. The summed E-state index contributed by atoms with van der Waals surface area (Å²) in [6.07, 6.45) is 1.15. The van der Waals surface area contributed by atoms with Gasteiger partial charge in [0, 0.05) is 12.8 Å². The summed E-state index contributed by atoms with van der Waals surface area (Å²) < 4.78 is 1.60. The Morgan fingerprint density at radius 1 is 1.75 bits per heavy atom. The van der Waals surface area contributed by atoms with E-state index in [9.17, 15) is 5.11 Å². The van der Waals surface area contributed by atoms with Crippen LogP contribution in [0.1, 0.15) is 18.7 Å². The molecule has 0 fully saturated rings. The highest BCUT2D eigenvalue weighted by molar-refractivity contribution is 7.99. The van der Waals surface area contributed by atoms with E-state index in [1.807, 2.05) is 0 Å². The number of aryl methyl sites for hydroxylation is 1. The van der Waals surface area contributed by atoms with Gasteiger partial charge in [-0.1, -0.05) is 12.1 Å². The van der Waals surface area contributed by atoms with Crippen molar-refractivity contribution in [1.82, 2.24) is 15.0 Å². The molecule has 1 unspecified atom stereocenters. The van der Waals surface area contributed by atoms with Crippen LogP contribution in [0.3, 0.4) is 0 Å². The van der Waals surface area contributed by atoms with Gasteiger partial charge < -0.3 is 5.11 Å². The highest BCUT2D eigenvalue weighted by Crippen LogP contribution is 2.15. The Balaban J connectivity index is 2.52. The van der Waals surface area contributed by atoms with Crippen LogP contribution < -0.4 is 0 Å². The van der Waals surface area contributed by atoms with Gasteiger partial charge in [-0.2, -0.15) is 11.8 Å². The molecule has 12 heavy (non-hydrogen) atoms.